The number of hydrogen-bond acceptors (Lipinski definition) is 5. The van der Waals surface area contributed by atoms with E-state index in [9.17, 15) is 4.79 Å². The third-order valence-corrected chi connectivity index (χ3v) is 4.14. The van der Waals surface area contributed by atoms with Crippen molar-refractivity contribution in [3.05, 3.63) is 65.1 Å². The molecule has 0 saturated heterocycles. The summed E-state index contributed by atoms with van der Waals surface area (Å²) in [6, 6.07) is 13.3. The van der Waals surface area contributed by atoms with Gasteiger partial charge in [-0.25, -0.2) is 9.97 Å². The quantitative estimate of drug-likeness (QED) is 0.472. The normalized spacial score (nSPS) is 11.3. The summed E-state index contributed by atoms with van der Waals surface area (Å²) in [5.41, 5.74) is 2.32. The van der Waals surface area contributed by atoms with Crippen LogP contribution >= 0.6 is 15.9 Å². The minimum atomic E-state index is -0.262. The van der Waals surface area contributed by atoms with E-state index < -0.39 is 0 Å². The lowest BCUT2D eigenvalue weighted by molar-refractivity contribution is -0.112. The molecule has 3 aromatic rings. The second-order valence-electron chi connectivity index (χ2n) is 5.54. The SMILES string of the molecule is COC(C)=CC(=O)Nc1ccc2ncnc(Nc3cccc(Br)c3)c2c1. The first-order valence-corrected chi connectivity index (χ1v) is 8.65. The van der Waals surface area contributed by atoms with Gasteiger partial charge in [-0.1, -0.05) is 22.0 Å². The lowest BCUT2D eigenvalue weighted by Gasteiger charge is -2.10. The van der Waals surface area contributed by atoms with Crippen LogP contribution in [0.2, 0.25) is 0 Å². The molecule has 0 saturated carbocycles. The van der Waals surface area contributed by atoms with Crippen LogP contribution in [-0.2, 0) is 9.53 Å². The van der Waals surface area contributed by atoms with Gasteiger partial charge in [0.15, 0.2) is 0 Å². The zero-order chi connectivity index (χ0) is 18.5. The van der Waals surface area contributed by atoms with Gasteiger partial charge in [-0.15, -0.1) is 0 Å². The fourth-order valence-corrected chi connectivity index (χ4v) is 2.76. The molecule has 7 heteroatoms. The molecule has 2 N–H and O–H groups in total. The van der Waals surface area contributed by atoms with Crippen molar-refractivity contribution in [1.29, 1.82) is 0 Å². The molecule has 0 fully saturated rings. The van der Waals surface area contributed by atoms with Gasteiger partial charge in [-0.3, -0.25) is 4.79 Å². The highest BCUT2D eigenvalue weighted by atomic mass is 79.9. The summed E-state index contributed by atoms with van der Waals surface area (Å²) in [5.74, 6) is 0.929. The van der Waals surface area contributed by atoms with Crippen LogP contribution in [0.4, 0.5) is 17.2 Å². The van der Waals surface area contributed by atoms with Crippen LogP contribution in [0.3, 0.4) is 0 Å². The van der Waals surface area contributed by atoms with Crippen molar-refractivity contribution in [3.8, 4) is 0 Å². The zero-order valence-electron chi connectivity index (χ0n) is 14.3. The average molecular weight is 413 g/mol. The molecule has 0 aliphatic carbocycles. The minimum absolute atomic E-state index is 0.262. The number of nitrogens with zero attached hydrogens (tertiary/aromatic N) is 2. The number of halogens is 1. The van der Waals surface area contributed by atoms with Crippen LogP contribution in [0.1, 0.15) is 6.92 Å². The average Bonchev–Trinajstić information content (AvgIpc) is 2.62. The van der Waals surface area contributed by atoms with Crippen LogP contribution in [-0.4, -0.2) is 23.0 Å². The van der Waals surface area contributed by atoms with Gasteiger partial charge in [0.25, 0.3) is 5.91 Å². The lowest BCUT2D eigenvalue weighted by Crippen LogP contribution is -2.09. The van der Waals surface area contributed by atoms with E-state index >= 15 is 0 Å². The van der Waals surface area contributed by atoms with Crippen LogP contribution < -0.4 is 10.6 Å². The van der Waals surface area contributed by atoms with Crippen molar-refractivity contribution in [1.82, 2.24) is 9.97 Å². The molecule has 0 spiro atoms. The van der Waals surface area contributed by atoms with Gasteiger partial charge < -0.3 is 15.4 Å². The van der Waals surface area contributed by atoms with Gasteiger partial charge in [-0.05, 0) is 43.3 Å². The van der Waals surface area contributed by atoms with Gasteiger partial charge in [0.1, 0.15) is 12.1 Å². The predicted octanol–water partition coefficient (Wildman–Crippen LogP) is 4.62. The number of carbonyl (C=O) groups excluding carboxylic acids is 1. The summed E-state index contributed by atoms with van der Waals surface area (Å²) in [5, 5.41) is 6.90. The largest absolute Gasteiger partial charge is 0.501 e. The second kappa shape index (κ2) is 7.97. The molecular weight excluding hydrogens is 396 g/mol. The molecular formula is C19H17BrN4O2. The van der Waals surface area contributed by atoms with Crippen molar-refractivity contribution in [2.45, 2.75) is 6.92 Å². The third-order valence-electron chi connectivity index (χ3n) is 3.65. The number of methoxy groups -OCH3 is 1. The maximum atomic E-state index is 12.0. The molecule has 0 bridgehead atoms. The second-order valence-corrected chi connectivity index (χ2v) is 6.45. The summed E-state index contributed by atoms with van der Waals surface area (Å²) in [4.78, 5) is 20.6. The summed E-state index contributed by atoms with van der Waals surface area (Å²) in [7, 11) is 1.52. The van der Waals surface area contributed by atoms with E-state index in [-0.39, 0.29) is 5.91 Å². The maximum absolute atomic E-state index is 12.0. The molecule has 132 valence electrons. The highest BCUT2D eigenvalue weighted by Crippen LogP contribution is 2.26. The Morgan fingerprint density at radius 3 is 2.77 bits per heavy atom. The van der Waals surface area contributed by atoms with Gasteiger partial charge >= 0.3 is 0 Å². The zero-order valence-corrected chi connectivity index (χ0v) is 15.9. The van der Waals surface area contributed by atoms with E-state index in [1.807, 2.05) is 36.4 Å². The summed E-state index contributed by atoms with van der Waals surface area (Å²) in [6.45, 7) is 1.72. The Morgan fingerprint density at radius 2 is 2.00 bits per heavy atom. The highest BCUT2D eigenvalue weighted by Gasteiger charge is 2.07. The van der Waals surface area contributed by atoms with Crippen molar-refractivity contribution < 1.29 is 9.53 Å². The Labute approximate surface area is 159 Å². The lowest BCUT2D eigenvalue weighted by atomic mass is 10.2. The number of fused-ring (bicyclic) bond motifs is 1. The monoisotopic (exact) mass is 412 g/mol. The molecule has 1 aromatic heterocycles. The molecule has 3 rings (SSSR count). The number of anilines is 3. The molecule has 6 nitrogen and oxygen atoms in total. The number of carbonyl (C=O) groups is 1. The minimum Gasteiger partial charge on any atom is -0.501 e. The first-order chi connectivity index (χ1) is 12.5. The molecule has 1 heterocycles. The van der Waals surface area contributed by atoms with E-state index in [4.69, 9.17) is 4.74 Å². The molecule has 26 heavy (non-hydrogen) atoms. The molecule has 0 aliphatic rings. The maximum Gasteiger partial charge on any atom is 0.251 e. The van der Waals surface area contributed by atoms with Crippen LogP contribution in [0.15, 0.2) is 65.1 Å². The number of nitrogens with one attached hydrogen (secondary N) is 2. The Kier molecular flexibility index (Phi) is 5.48. The van der Waals surface area contributed by atoms with Crippen molar-refractivity contribution >= 4 is 49.9 Å². The smallest absolute Gasteiger partial charge is 0.251 e. The molecule has 0 unspecified atom stereocenters. The number of rotatable bonds is 5. The van der Waals surface area contributed by atoms with Gasteiger partial charge in [-0.2, -0.15) is 0 Å². The molecule has 0 atom stereocenters. The van der Waals surface area contributed by atoms with Gasteiger partial charge in [0.2, 0.25) is 0 Å². The van der Waals surface area contributed by atoms with E-state index in [1.54, 1.807) is 13.0 Å². The van der Waals surface area contributed by atoms with Gasteiger partial charge in [0.05, 0.1) is 18.4 Å². The van der Waals surface area contributed by atoms with Crippen molar-refractivity contribution in [3.63, 3.8) is 0 Å². The standard InChI is InChI=1S/C19H17BrN4O2/c1-12(26-2)8-18(25)23-15-6-7-17-16(10-15)19(22-11-21-17)24-14-5-3-4-13(20)9-14/h3-11H,1-2H3,(H,23,25)(H,21,22,24). The van der Waals surface area contributed by atoms with Gasteiger partial charge in [0, 0.05) is 27.3 Å². The van der Waals surface area contributed by atoms with Crippen LogP contribution in [0, 0.1) is 0 Å². The van der Waals surface area contributed by atoms with Crippen molar-refractivity contribution in [2.75, 3.05) is 17.7 Å². The van der Waals surface area contributed by atoms with E-state index in [0.29, 0.717) is 17.3 Å². The number of ether oxygens (including phenoxy) is 1. The Balaban J connectivity index is 1.91. The van der Waals surface area contributed by atoms with Crippen molar-refractivity contribution in [2.24, 2.45) is 0 Å². The predicted molar refractivity (Wildman–Crippen MR) is 106 cm³/mol. The highest BCUT2D eigenvalue weighted by molar-refractivity contribution is 9.10. The molecule has 2 aromatic carbocycles. The Hall–Kier alpha value is -2.93. The third kappa shape index (κ3) is 4.37. The number of aromatic nitrogens is 2. The fourth-order valence-electron chi connectivity index (χ4n) is 2.36. The number of hydrogen-bond donors (Lipinski definition) is 2. The first-order valence-electron chi connectivity index (χ1n) is 7.86. The summed E-state index contributed by atoms with van der Waals surface area (Å²) < 4.78 is 5.96. The summed E-state index contributed by atoms with van der Waals surface area (Å²) >= 11 is 3.45. The molecule has 0 aliphatic heterocycles. The van der Waals surface area contributed by atoms with E-state index in [1.165, 1.54) is 19.5 Å². The molecule has 0 radical (unpaired) electrons. The topological polar surface area (TPSA) is 76.1 Å². The van der Waals surface area contributed by atoms with E-state index in [2.05, 4.69) is 36.5 Å². The number of allylic oxidation sites excluding steroid dienone is 1. The fraction of sp³-hybridized carbons (Fsp3) is 0.105. The Morgan fingerprint density at radius 1 is 1.15 bits per heavy atom. The summed E-state index contributed by atoms with van der Waals surface area (Å²) in [6.07, 6.45) is 2.90. The molecule has 1 amide bonds. The number of benzene rings is 2. The number of amides is 1. The first kappa shape index (κ1) is 17.9. The Bertz CT molecular complexity index is 988. The van der Waals surface area contributed by atoms with Crippen LogP contribution in [0.5, 0.6) is 0 Å². The van der Waals surface area contributed by atoms with Crippen LogP contribution in [0.25, 0.3) is 10.9 Å². The van der Waals surface area contributed by atoms with E-state index in [0.717, 1.165) is 21.1 Å².